The van der Waals surface area contributed by atoms with E-state index in [1.807, 2.05) is 0 Å². The van der Waals surface area contributed by atoms with Gasteiger partial charge in [0, 0.05) is 0 Å². The minimum atomic E-state index is -0.134. The van der Waals surface area contributed by atoms with Crippen LogP contribution in [-0.4, -0.2) is 17.3 Å². The van der Waals surface area contributed by atoms with E-state index in [-0.39, 0.29) is 17.3 Å². The molecule has 0 aliphatic carbocycles. The maximum absolute atomic E-state index is 12.1. The van der Waals surface area contributed by atoms with Gasteiger partial charge in [-0.3, -0.25) is 14.4 Å². The van der Waals surface area contributed by atoms with Gasteiger partial charge < -0.3 is 0 Å². The molecule has 0 N–H and O–H groups in total. The maximum atomic E-state index is 12.1. The summed E-state index contributed by atoms with van der Waals surface area (Å²) in [5.41, 5.74) is 0. The number of hydrogen-bond donors (Lipinski definition) is 0. The Kier molecular flexibility index (Phi) is 3.54. The van der Waals surface area contributed by atoms with E-state index in [9.17, 15) is 14.4 Å². The minimum absolute atomic E-state index is 0.0466. The number of carbonyl (C=O) groups excluding carboxylic acids is 3. The topological polar surface area (TPSA) is 51.2 Å². The number of hydrogen-bond acceptors (Lipinski definition) is 5. The molecule has 2 heterocycles. The maximum Gasteiger partial charge on any atom is 0.212 e. The van der Waals surface area contributed by atoms with E-state index in [4.69, 9.17) is 0 Å². The fourth-order valence-corrected chi connectivity index (χ4v) is 3.20. The largest absolute Gasteiger partial charge is 0.294 e. The lowest BCUT2D eigenvalue weighted by Crippen LogP contribution is -1.94. The summed E-state index contributed by atoms with van der Waals surface area (Å²) in [6.07, 6.45) is 0. The molecule has 0 radical (unpaired) electrons. The van der Waals surface area contributed by atoms with Gasteiger partial charge in [-0.25, -0.2) is 0 Å². The predicted molar refractivity (Wildman–Crippen MR) is 72.1 cm³/mol. The van der Waals surface area contributed by atoms with Gasteiger partial charge in [-0.2, -0.15) is 0 Å². The van der Waals surface area contributed by atoms with Crippen LogP contribution >= 0.6 is 22.7 Å². The molecule has 0 atom stereocenters. The summed E-state index contributed by atoms with van der Waals surface area (Å²) in [7, 11) is 0. The van der Waals surface area contributed by atoms with Crippen molar-refractivity contribution in [1.29, 1.82) is 0 Å². The van der Waals surface area contributed by atoms with Crippen LogP contribution in [0.5, 0.6) is 0 Å². The fourth-order valence-electron chi connectivity index (χ4n) is 1.42. The molecule has 0 spiro atoms. The van der Waals surface area contributed by atoms with Gasteiger partial charge in [0.1, 0.15) is 0 Å². The lowest BCUT2D eigenvalue weighted by atomic mass is 10.2. The van der Waals surface area contributed by atoms with Crippen LogP contribution in [-0.2, 0) is 0 Å². The molecule has 92 valence electrons. The van der Waals surface area contributed by atoms with E-state index in [1.165, 1.54) is 36.5 Å². The molecule has 5 heteroatoms. The zero-order valence-corrected chi connectivity index (χ0v) is 11.5. The summed E-state index contributed by atoms with van der Waals surface area (Å²) in [4.78, 5) is 36.6. The summed E-state index contributed by atoms with van der Waals surface area (Å²) in [5.74, 6) is -0.227. The van der Waals surface area contributed by atoms with Crippen LogP contribution in [0.2, 0.25) is 0 Å². The highest BCUT2D eigenvalue weighted by molar-refractivity contribution is 7.19. The number of ketones is 3. The molecule has 0 saturated carbocycles. The van der Waals surface area contributed by atoms with Crippen LogP contribution in [0.15, 0.2) is 24.3 Å². The van der Waals surface area contributed by atoms with Crippen LogP contribution in [0.25, 0.3) is 0 Å². The van der Waals surface area contributed by atoms with Gasteiger partial charge in [0.15, 0.2) is 11.6 Å². The summed E-state index contributed by atoms with van der Waals surface area (Å²) in [6.45, 7) is 2.94. The molecule has 2 rings (SSSR count). The van der Waals surface area contributed by atoms with Gasteiger partial charge in [-0.15, -0.1) is 22.7 Å². The Morgan fingerprint density at radius 2 is 1.06 bits per heavy atom. The molecule has 0 bridgehead atoms. The van der Waals surface area contributed by atoms with Gasteiger partial charge in [-0.05, 0) is 38.1 Å². The van der Waals surface area contributed by atoms with E-state index in [0.29, 0.717) is 19.5 Å². The fraction of sp³-hybridized carbons (Fsp3) is 0.154. The van der Waals surface area contributed by atoms with Crippen LogP contribution in [0, 0.1) is 0 Å². The van der Waals surface area contributed by atoms with Crippen molar-refractivity contribution in [2.75, 3.05) is 0 Å². The zero-order chi connectivity index (χ0) is 13.3. The lowest BCUT2D eigenvalue weighted by Gasteiger charge is -1.92. The van der Waals surface area contributed by atoms with Crippen LogP contribution < -0.4 is 0 Å². The molecular weight excluding hydrogens is 268 g/mol. The van der Waals surface area contributed by atoms with Crippen molar-refractivity contribution in [2.45, 2.75) is 13.8 Å². The monoisotopic (exact) mass is 278 g/mol. The molecule has 0 aliphatic heterocycles. The van der Waals surface area contributed by atoms with Crippen molar-refractivity contribution >= 4 is 40.0 Å². The Morgan fingerprint density at radius 3 is 1.33 bits per heavy atom. The van der Waals surface area contributed by atoms with Crippen molar-refractivity contribution < 1.29 is 14.4 Å². The second-order valence-corrected chi connectivity index (χ2v) is 5.94. The number of rotatable bonds is 4. The first-order chi connectivity index (χ1) is 8.49. The first-order valence-electron chi connectivity index (χ1n) is 5.25. The number of thiophene rings is 2. The Labute approximate surface area is 112 Å². The first-order valence-corrected chi connectivity index (χ1v) is 6.88. The van der Waals surface area contributed by atoms with E-state index >= 15 is 0 Å². The minimum Gasteiger partial charge on any atom is -0.294 e. The molecule has 0 aromatic carbocycles. The van der Waals surface area contributed by atoms with Crippen molar-refractivity contribution in [3.05, 3.63) is 43.8 Å². The normalized spacial score (nSPS) is 10.3. The SMILES string of the molecule is CC(=O)c1ccc(C(=O)c2ccc(C(C)=O)s2)s1. The van der Waals surface area contributed by atoms with Gasteiger partial charge in [0.05, 0.1) is 19.5 Å². The van der Waals surface area contributed by atoms with E-state index in [1.54, 1.807) is 24.3 Å². The third-order valence-corrected chi connectivity index (χ3v) is 4.72. The molecule has 2 aromatic heterocycles. The third kappa shape index (κ3) is 2.47. The average molecular weight is 278 g/mol. The molecule has 0 unspecified atom stereocenters. The number of carbonyl (C=O) groups is 3. The van der Waals surface area contributed by atoms with Crippen LogP contribution in [0.4, 0.5) is 0 Å². The van der Waals surface area contributed by atoms with Crippen LogP contribution in [0.3, 0.4) is 0 Å². The molecule has 0 amide bonds. The summed E-state index contributed by atoms with van der Waals surface area (Å²) in [5, 5.41) is 0. The molecule has 18 heavy (non-hydrogen) atoms. The molecule has 3 nitrogen and oxygen atoms in total. The summed E-state index contributed by atoms with van der Waals surface area (Å²) in [6, 6.07) is 6.60. The first kappa shape index (κ1) is 12.9. The standard InChI is InChI=1S/C13H10O3S2/c1-7(14)9-3-5-11(17-9)13(16)12-6-4-10(18-12)8(2)15/h3-6H,1-2H3. The van der Waals surface area contributed by atoms with Gasteiger partial charge >= 0.3 is 0 Å². The van der Waals surface area contributed by atoms with Gasteiger partial charge in [-0.1, -0.05) is 0 Å². The molecule has 0 aliphatic rings. The second kappa shape index (κ2) is 4.96. The summed E-state index contributed by atoms with van der Waals surface area (Å²) >= 11 is 2.37. The smallest absolute Gasteiger partial charge is 0.212 e. The number of Topliss-reactive ketones (excluding diaryl/α,β-unsaturated/α-hetero) is 2. The van der Waals surface area contributed by atoms with Crippen molar-refractivity contribution in [3.63, 3.8) is 0 Å². The molecular formula is C13H10O3S2. The van der Waals surface area contributed by atoms with Crippen molar-refractivity contribution in [3.8, 4) is 0 Å². The zero-order valence-electron chi connectivity index (χ0n) is 9.85. The van der Waals surface area contributed by atoms with Crippen molar-refractivity contribution in [1.82, 2.24) is 0 Å². The molecule has 0 fully saturated rings. The Balaban J connectivity index is 2.29. The Hall–Kier alpha value is -1.59. The van der Waals surface area contributed by atoms with Gasteiger partial charge in [0.2, 0.25) is 5.78 Å². The highest BCUT2D eigenvalue weighted by Gasteiger charge is 2.16. The molecule has 0 saturated heterocycles. The van der Waals surface area contributed by atoms with E-state index in [2.05, 4.69) is 0 Å². The highest BCUT2D eigenvalue weighted by atomic mass is 32.1. The van der Waals surface area contributed by atoms with Gasteiger partial charge in [0.25, 0.3) is 0 Å². The lowest BCUT2D eigenvalue weighted by molar-refractivity contribution is 0.101. The highest BCUT2D eigenvalue weighted by Crippen LogP contribution is 2.24. The Bertz CT molecular complexity index is 580. The van der Waals surface area contributed by atoms with E-state index < -0.39 is 0 Å². The van der Waals surface area contributed by atoms with E-state index in [0.717, 1.165) is 0 Å². The third-order valence-electron chi connectivity index (χ3n) is 2.35. The average Bonchev–Trinajstić information content (AvgIpc) is 2.97. The Morgan fingerprint density at radius 1 is 0.722 bits per heavy atom. The predicted octanol–water partition coefficient (Wildman–Crippen LogP) is 3.45. The van der Waals surface area contributed by atoms with Crippen LogP contribution in [0.1, 0.15) is 47.7 Å². The van der Waals surface area contributed by atoms with Crippen molar-refractivity contribution in [2.24, 2.45) is 0 Å². The second-order valence-electron chi connectivity index (χ2n) is 3.77. The quantitative estimate of drug-likeness (QED) is 0.805. The summed E-state index contributed by atoms with van der Waals surface area (Å²) < 4.78 is 0. The molecule has 2 aromatic rings.